The van der Waals surface area contributed by atoms with Crippen molar-refractivity contribution in [3.05, 3.63) is 69.4 Å². The zero-order chi connectivity index (χ0) is 31.7. The third kappa shape index (κ3) is 5.99. The van der Waals surface area contributed by atoms with Crippen LogP contribution in [0.5, 0.6) is 11.5 Å². The molecular formula is C31H35ClF3N3O4SSi. The monoisotopic (exact) mass is 665 g/mol. The fraction of sp³-hybridized carbons (Fsp3) is 0.484. The first-order valence-electron chi connectivity index (χ1n) is 14.6. The van der Waals surface area contributed by atoms with Crippen molar-refractivity contribution < 1.29 is 31.9 Å². The summed E-state index contributed by atoms with van der Waals surface area (Å²) in [5.41, 5.74) is 0.455. The summed E-state index contributed by atoms with van der Waals surface area (Å²) in [4.78, 5) is 21.2. The van der Waals surface area contributed by atoms with Crippen molar-refractivity contribution in [2.75, 3.05) is 18.4 Å². The molecule has 6 rings (SSSR count). The normalized spacial score (nSPS) is 21.3. The van der Waals surface area contributed by atoms with E-state index in [-0.39, 0.29) is 34.6 Å². The molecule has 236 valence electrons. The van der Waals surface area contributed by atoms with Gasteiger partial charge in [-0.3, -0.25) is 9.69 Å². The number of hydrogen-bond donors (Lipinski definition) is 1. The number of nitrogens with zero attached hydrogens (tertiary/aromatic N) is 2. The molecule has 2 aromatic carbocycles. The van der Waals surface area contributed by atoms with Gasteiger partial charge in [0.25, 0.3) is 0 Å². The first kappa shape index (κ1) is 31.3. The zero-order valence-corrected chi connectivity index (χ0v) is 27.8. The minimum absolute atomic E-state index is 0.0566. The molecule has 3 heterocycles. The van der Waals surface area contributed by atoms with Crippen molar-refractivity contribution in [3.63, 3.8) is 0 Å². The van der Waals surface area contributed by atoms with Crippen LogP contribution in [0.15, 0.2) is 42.6 Å². The van der Waals surface area contributed by atoms with Gasteiger partial charge in [-0.15, -0.1) is 8.78 Å². The molecule has 1 aromatic heterocycles. The maximum absolute atomic E-state index is 14.0. The van der Waals surface area contributed by atoms with E-state index in [4.69, 9.17) is 16.0 Å². The van der Waals surface area contributed by atoms with Gasteiger partial charge in [0.05, 0.1) is 17.6 Å². The van der Waals surface area contributed by atoms with Crippen LogP contribution in [0.25, 0.3) is 0 Å². The lowest BCUT2D eigenvalue weighted by Crippen LogP contribution is -2.44. The van der Waals surface area contributed by atoms with Crippen LogP contribution < -0.4 is 14.8 Å². The quantitative estimate of drug-likeness (QED) is 0.245. The van der Waals surface area contributed by atoms with E-state index in [1.54, 1.807) is 18.3 Å². The van der Waals surface area contributed by atoms with Gasteiger partial charge >= 0.3 is 6.29 Å². The minimum Gasteiger partial charge on any atom is -0.413 e. The van der Waals surface area contributed by atoms with Gasteiger partial charge in [-0.2, -0.15) is 0 Å². The number of carbonyl (C=O) groups excluding carboxylic acids is 1. The molecule has 2 aliphatic heterocycles. The number of alkyl halides is 2. The standard InChI is InChI=1S/C31H35ClF3N3O4SSi/c1-29(2,3)44(4,5)42-20-10-13-38(17-20)26(21-8-7-19(33)15-22(21)32)25-16-36-28(43-25)37-27(39)30(11-12-30)18-6-9-23-24(14-18)41-31(34,35)40-23/h6-9,14-16,20,26H,10-13,17H2,1-5H3,(H,36,37,39)/t20-,26+/m1/s1. The molecule has 3 aliphatic rings. The van der Waals surface area contributed by atoms with E-state index >= 15 is 0 Å². The van der Waals surface area contributed by atoms with Crippen molar-refractivity contribution in [1.82, 2.24) is 9.88 Å². The van der Waals surface area contributed by atoms with E-state index < -0.39 is 25.8 Å². The average molecular weight is 666 g/mol. The molecule has 0 bridgehead atoms. The van der Waals surface area contributed by atoms with Crippen molar-refractivity contribution in [1.29, 1.82) is 0 Å². The van der Waals surface area contributed by atoms with Gasteiger partial charge in [0.2, 0.25) is 5.91 Å². The molecule has 0 unspecified atom stereocenters. The lowest BCUT2D eigenvalue weighted by Gasteiger charge is -2.38. The predicted octanol–water partition coefficient (Wildman–Crippen LogP) is 8.11. The van der Waals surface area contributed by atoms with E-state index in [9.17, 15) is 18.0 Å². The molecule has 1 saturated carbocycles. The van der Waals surface area contributed by atoms with Gasteiger partial charge in [-0.05, 0) is 72.8 Å². The molecule has 1 amide bonds. The number of amides is 1. The van der Waals surface area contributed by atoms with Crippen molar-refractivity contribution in [2.24, 2.45) is 0 Å². The highest BCUT2D eigenvalue weighted by molar-refractivity contribution is 7.15. The van der Waals surface area contributed by atoms with Gasteiger partial charge in [0, 0.05) is 29.2 Å². The maximum Gasteiger partial charge on any atom is 0.586 e. The van der Waals surface area contributed by atoms with Gasteiger partial charge in [-0.25, -0.2) is 9.37 Å². The number of likely N-dealkylation sites (tertiary alicyclic amines) is 1. The number of nitrogens with one attached hydrogen (secondary N) is 1. The fourth-order valence-corrected chi connectivity index (χ4v) is 8.25. The Morgan fingerprint density at radius 3 is 2.59 bits per heavy atom. The second-order valence-corrected chi connectivity index (χ2v) is 19.5. The molecule has 0 spiro atoms. The molecule has 7 nitrogen and oxygen atoms in total. The number of rotatable bonds is 8. The molecule has 0 radical (unpaired) electrons. The molecule has 2 atom stereocenters. The highest BCUT2D eigenvalue weighted by Gasteiger charge is 2.53. The Morgan fingerprint density at radius 2 is 1.91 bits per heavy atom. The number of halogens is 4. The molecular weight excluding hydrogens is 631 g/mol. The highest BCUT2D eigenvalue weighted by Crippen LogP contribution is 2.52. The molecule has 3 aromatic rings. The van der Waals surface area contributed by atoms with Gasteiger partial charge in [0.15, 0.2) is 24.9 Å². The number of thiazole rings is 1. The number of aromatic nitrogens is 1. The Kier molecular flexibility index (Phi) is 7.84. The number of benzene rings is 2. The number of hydrogen-bond acceptors (Lipinski definition) is 7. The molecule has 1 saturated heterocycles. The van der Waals surface area contributed by atoms with E-state index in [1.165, 1.54) is 35.6 Å². The lowest BCUT2D eigenvalue weighted by atomic mass is 9.94. The Morgan fingerprint density at radius 1 is 1.18 bits per heavy atom. The van der Waals surface area contributed by atoms with Gasteiger partial charge in [-0.1, -0.05) is 55.8 Å². The SMILES string of the molecule is CC(C)(C)[Si](C)(C)O[C@@H]1CCN([C@H](c2cnc(NC(=O)C3(c4ccc5c(c4)OC(F)(F)O5)CC3)s2)c2ccc(F)cc2Cl)C1. The summed E-state index contributed by atoms with van der Waals surface area (Å²) >= 11 is 7.93. The van der Waals surface area contributed by atoms with Crippen molar-refractivity contribution >= 4 is 42.3 Å². The smallest absolute Gasteiger partial charge is 0.413 e. The minimum atomic E-state index is -3.73. The first-order valence-corrected chi connectivity index (χ1v) is 18.7. The van der Waals surface area contributed by atoms with Crippen LogP contribution in [0.2, 0.25) is 23.2 Å². The molecule has 1 N–H and O–H groups in total. The summed E-state index contributed by atoms with van der Waals surface area (Å²) in [6.07, 6.45) is 0.0200. The fourth-order valence-electron chi connectivity index (χ4n) is 5.64. The topological polar surface area (TPSA) is 72.9 Å². The third-order valence-corrected chi connectivity index (χ3v) is 15.0. The zero-order valence-electron chi connectivity index (χ0n) is 25.2. The summed E-state index contributed by atoms with van der Waals surface area (Å²) in [6.45, 7) is 12.6. The second kappa shape index (κ2) is 11.0. The van der Waals surface area contributed by atoms with Crippen LogP contribution in [0.3, 0.4) is 0 Å². The largest absolute Gasteiger partial charge is 0.586 e. The van der Waals surface area contributed by atoms with Crippen LogP contribution in [0.4, 0.5) is 18.3 Å². The Bertz CT molecular complexity index is 1590. The summed E-state index contributed by atoms with van der Waals surface area (Å²) in [7, 11) is -1.99. The van der Waals surface area contributed by atoms with Crippen LogP contribution >= 0.6 is 22.9 Å². The summed E-state index contributed by atoms with van der Waals surface area (Å²) < 4.78 is 57.0. The number of ether oxygens (including phenoxy) is 2. The summed E-state index contributed by atoms with van der Waals surface area (Å²) in [5.74, 6) is -0.853. The Hall–Kier alpha value is -2.64. The number of fused-ring (bicyclic) bond motifs is 1. The van der Waals surface area contributed by atoms with Gasteiger partial charge < -0.3 is 19.2 Å². The van der Waals surface area contributed by atoms with Crippen LogP contribution in [0.1, 0.15) is 62.1 Å². The Balaban J connectivity index is 1.22. The second-order valence-electron chi connectivity index (χ2n) is 13.3. The summed E-state index contributed by atoms with van der Waals surface area (Å²) in [5, 5.41) is 3.74. The molecule has 44 heavy (non-hydrogen) atoms. The maximum atomic E-state index is 14.0. The highest BCUT2D eigenvalue weighted by atomic mass is 35.5. The number of carbonyl (C=O) groups is 1. The average Bonchev–Trinajstić information content (AvgIpc) is 3.22. The molecule has 13 heteroatoms. The number of anilines is 1. The first-order chi connectivity index (χ1) is 20.6. The van der Waals surface area contributed by atoms with Crippen molar-refractivity contribution in [3.8, 4) is 11.5 Å². The van der Waals surface area contributed by atoms with E-state index in [2.05, 4.69) is 58.5 Å². The summed E-state index contributed by atoms with van der Waals surface area (Å²) in [6, 6.07) is 8.55. The lowest BCUT2D eigenvalue weighted by molar-refractivity contribution is -0.286. The van der Waals surface area contributed by atoms with Gasteiger partial charge in [0.1, 0.15) is 5.82 Å². The molecule has 2 fully saturated rings. The van der Waals surface area contributed by atoms with E-state index in [1.807, 2.05) is 0 Å². The van der Waals surface area contributed by atoms with E-state index in [0.717, 1.165) is 23.4 Å². The van der Waals surface area contributed by atoms with Crippen LogP contribution in [-0.2, 0) is 14.6 Å². The third-order valence-electron chi connectivity index (χ3n) is 9.22. The van der Waals surface area contributed by atoms with Crippen molar-refractivity contribution in [2.45, 2.75) is 82.0 Å². The van der Waals surface area contributed by atoms with E-state index in [0.29, 0.717) is 35.1 Å². The predicted molar refractivity (Wildman–Crippen MR) is 166 cm³/mol. The molecule has 1 aliphatic carbocycles. The van der Waals surface area contributed by atoms with Crippen LogP contribution in [-0.4, -0.2) is 49.6 Å². The van der Waals surface area contributed by atoms with Crippen LogP contribution in [0, 0.1) is 5.82 Å². The Labute approximate surface area is 264 Å².